The standard InChI is InChI=1S/C22H35N3O2/c1-22(2,3)21(26)25-12-8-10-18(25)15-24-13-17-9-6-7-11-20(17)27-16-19(24)14-23(4)5/h6-7,9,11,18-19H,8,10,12-16H2,1-5H3/t18-,19+/m0/s1. The first kappa shape index (κ1) is 20.2. The maximum atomic E-state index is 12.9. The number of hydrogen-bond acceptors (Lipinski definition) is 4. The SMILES string of the molecule is CN(C)C[C@@H]1COc2ccccc2CN1C[C@@H]1CCCN1C(=O)C(C)(C)C. The van der Waals surface area contributed by atoms with Crippen molar-refractivity contribution in [2.24, 2.45) is 5.41 Å². The number of likely N-dealkylation sites (tertiary alicyclic amines) is 1. The van der Waals surface area contributed by atoms with E-state index in [1.54, 1.807) is 0 Å². The summed E-state index contributed by atoms with van der Waals surface area (Å²) in [5, 5.41) is 0. The van der Waals surface area contributed by atoms with Crippen LogP contribution in [0.5, 0.6) is 5.75 Å². The van der Waals surface area contributed by atoms with Gasteiger partial charge in [0, 0.05) is 43.2 Å². The van der Waals surface area contributed by atoms with Crippen LogP contribution < -0.4 is 4.74 Å². The van der Waals surface area contributed by atoms with Crippen LogP contribution in [-0.2, 0) is 11.3 Å². The number of amides is 1. The zero-order chi connectivity index (χ0) is 19.6. The Kier molecular flexibility index (Phi) is 6.11. The fourth-order valence-corrected chi connectivity index (χ4v) is 4.21. The number of nitrogens with zero attached hydrogens (tertiary/aromatic N) is 3. The van der Waals surface area contributed by atoms with Gasteiger partial charge in [0.25, 0.3) is 0 Å². The Hall–Kier alpha value is -1.59. The van der Waals surface area contributed by atoms with Crippen LogP contribution in [0.4, 0.5) is 0 Å². The number of ether oxygens (including phenoxy) is 1. The smallest absolute Gasteiger partial charge is 0.228 e. The van der Waals surface area contributed by atoms with Crippen LogP contribution in [0.15, 0.2) is 24.3 Å². The molecular formula is C22H35N3O2. The van der Waals surface area contributed by atoms with E-state index in [0.717, 1.165) is 44.8 Å². The van der Waals surface area contributed by atoms with Gasteiger partial charge in [-0.05, 0) is 33.0 Å². The van der Waals surface area contributed by atoms with Crippen LogP contribution in [0.1, 0.15) is 39.2 Å². The number of fused-ring (bicyclic) bond motifs is 1. The van der Waals surface area contributed by atoms with Gasteiger partial charge < -0.3 is 14.5 Å². The molecule has 1 fully saturated rings. The van der Waals surface area contributed by atoms with Crippen LogP contribution in [-0.4, -0.2) is 73.0 Å². The Morgan fingerprint density at radius 2 is 1.96 bits per heavy atom. The largest absolute Gasteiger partial charge is 0.492 e. The molecule has 0 aliphatic carbocycles. The van der Waals surface area contributed by atoms with Crippen molar-refractivity contribution in [3.8, 4) is 5.75 Å². The maximum Gasteiger partial charge on any atom is 0.228 e. The molecule has 0 aromatic heterocycles. The molecule has 0 spiro atoms. The first-order valence-corrected chi connectivity index (χ1v) is 10.2. The van der Waals surface area contributed by atoms with Gasteiger partial charge in [-0.2, -0.15) is 0 Å². The molecule has 2 aliphatic rings. The highest BCUT2D eigenvalue weighted by atomic mass is 16.5. The topological polar surface area (TPSA) is 36.0 Å². The van der Waals surface area contributed by atoms with E-state index in [0.29, 0.717) is 18.7 Å². The molecule has 1 amide bonds. The van der Waals surface area contributed by atoms with Gasteiger partial charge in [-0.25, -0.2) is 0 Å². The number of likely N-dealkylation sites (N-methyl/N-ethyl adjacent to an activating group) is 1. The van der Waals surface area contributed by atoms with Crippen LogP contribution in [0.2, 0.25) is 0 Å². The number of benzene rings is 1. The number of rotatable bonds is 4. The minimum atomic E-state index is -0.319. The summed E-state index contributed by atoms with van der Waals surface area (Å²) < 4.78 is 6.14. The molecule has 0 N–H and O–H groups in total. The molecule has 1 aromatic rings. The first-order chi connectivity index (χ1) is 12.8. The van der Waals surface area contributed by atoms with Crippen LogP contribution >= 0.6 is 0 Å². The molecule has 0 bridgehead atoms. The van der Waals surface area contributed by atoms with Crippen molar-refractivity contribution in [3.05, 3.63) is 29.8 Å². The maximum absolute atomic E-state index is 12.9. The predicted molar refractivity (Wildman–Crippen MR) is 109 cm³/mol. The molecule has 2 atom stereocenters. The predicted octanol–water partition coefficient (Wildman–Crippen LogP) is 2.85. The van der Waals surface area contributed by atoms with E-state index in [4.69, 9.17) is 4.74 Å². The van der Waals surface area contributed by atoms with Crippen molar-refractivity contribution in [1.29, 1.82) is 0 Å². The molecule has 27 heavy (non-hydrogen) atoms. The van der Waals surface area contributed by atoms with Crippen LogP contribution in [0.25, 0.3) is 0 Å². The molecule has 1 saturated heterocycles. The molecular weight excluding hydrogens is 338 g/mol. The van der Waals surface area contributed by atoms with E-state index in [1.165, 1.54) is 5.56 Å². The summed E-state index contributed by atoms with van der Waals surface area (Å²) in [4.78, 5) is 19.8. The fraction of sp³-hybridized carbons (Fsp3) is 0.682. The van der Waals surface area contributed by atoms with Crippen molar-refractivity contribution < 1.29 is 9.53 Å². The van der Waals surface area contributed by atoms with Gasteiger partial charge in [-0.1, -0.05) is 39.0 Å². The molecule has 1 aromatic carbocycles. The van der Waals surface area contributed by atoms with Crippen LogP contribution in [0.3, 0.4) is 0 Å². The highest BCUT2D eigenvalue weighted by Gasteiger charge is 2.37. The normalized spacial score (nSPS) is 23.9. The van der Waals surface area contributed by atoms with E-state index in [2.05, 4.69) is 47.0 Å². The van der Waals surface area contributed by atoms with Gasteiger partial charge in [-0.3, -0.25) is 9.69 Å². The first-order valence-electron chi connectivity index (χ1n) is 10.2. The lowest BCUT2D eigenvalue weighted by molar-refractivity contribution is -0.140. The summed E-state index contributed by atoms with van der Waals surface area (Å²) in [6, 6.07) is 8.96. The van der Waals surface area contributed by atoms with Gasteiger partial charge >= 0.3 is 0 Å². The second kappa shape index (κ2) is 8.19. The summed E-state index contributed by atoms with van der Waals surface area (Å²) in [6.07, 6.45) is 2.20. The Bertz CT molecular complexity index is 653. The molecule has 0 radical (unpaired) electrons. The van der Waals surface area contributed by atoms with Crippen molar-refractivity contribution in [2.45, 2.75) is 52.2 Å². The monoisotopic (exact) mass is 373 g/mol. The summed E-state index contributed by atoms with van der Waals surface area (Å²) in [7, 11) is 4.22. The molecule has 0 saturated carbocycles. The Labute approximate surface area is 164 Å². The number of carbonyl (C=O) groups is 1. The molecule has 5 nitrogen and oxygen atoms in total. The number of hydrogen-bond donors (Lipinski definition) is 0. The van der Waals surface area contributed by atoms with Crippen molar-refractivity contribution in [3.63, 3.8) is 0 Å². The molecule has 150 valence electrons. The number of para-hydroxylation sites is 1. The van der Waals surface area contributed by atoms with Gasteiger partial charge in [0.2, 0.25) is 5.91 Å². The van der Waals surface area contributed by atoms with E-state index in [9.17, 15) is 4.79 Å². The van der Waals surface area contributed by atoms with Crippen molar-refractivity contribution in [2.75, 3.05) is 40.3 Å². The summed E-state index contributed by atoms with van der Waals surface area (Å²) in [6.45, 7) is 10.4. The molecule has 0 unspecified atom stereocenters. The average Bonchev–Trinajstić information content (AvgIpc) is 2.98. The van der Waals surface area contributed by atoms with Gasteiger partial charge in [0.1, 0.15) is 12.4 Å². The van der Waals surface area contributed by atoms with Crippen molar-refractivity contribution in [1.82, 2.24) is 14.7 Å². The molecule has 3 rings (SSSR count). The highest BCUT2D eigenvalue weighted by molar-refractivity contribution is 5.82. The quantitative estimate of drug-likeness (QED) is 0.813. The lowest BCUT2D eigenvalue weighted by Gasteiger charge is -2.37. The summed E-state index contributed by atoms with van der Waals surface area (Å²) in [5.74, 6) is 1.28. The molecule has 5 heteroatoms. The van der Waals surface area contributed by atoms with E-state index < -0.39 is 0 Å². The minimum Gasteiger partial charge on any atom is -0.492 e. The third kappa shape index (κ3) is 4.82. The molecule has 2 heterocycles. The van der Waals surface area contributed by atoms with Gasteiger partial charge in [-0.15, -0.1) is 0 Å². The lowest BCUT2D eigenvalue weighted by atomic mass is 9.94. The minimum absolute atomic E-state index is 0.278. The van der Waals surface area contributed by atoms with E-state index in [-0.39, 0.29) is 11.3 Å². The number of carbonyl (C=O) groups excluding carboxylic acids is 1. The Morgan fingerprint density at radius 3 is 2.67 bits per heavy atom. The highest BCUT2D eigenvalue weighted by Crippen LogP contribution is 2.29. The lowest BCUT2D eigenvalue weighted by Crippen LogP contribution is -2.51. The second-order valence-electron chi connectivity index (χ2n) is 9.31. The second-order valence-corrected chi connectivity index (χ2v) is 9.31. The third-order valence-corrected chi connectivity index (χ3v) is 5.59. The average molecular weight is 374 g/mol. The molecule has 2 aliphatic heterocycles. The third-order valence-electron chi connectivity index (χ3n) is 5.59. The van der Waals surface area contributed by atoms with Gasteiger partial charge in [0.05, 0.1) is 6.04 Å². The fourth-order valence-electron chi connectivity index (χ4n) is 4.21. The summed E-state index contributed by atoms with van der Waals surface area (Å²) >= 11 is 0. The van der Waals surface area contributed by atoms with Crippen molar-refractivity contribution >= 4 is 5.91 Å². The van der Waals surface area contributed by atoms with E-state index in [1.807, 2.05) is 26.8 Å². The van der Waals surface area contributed by atoms with Crippen LogP contribution in [0, 0.1) is 5.41 Å². The zero-order valence-electron chi connectivity index (χ0n) is 17.6. The van der Waals surface area contributed by atoms with E-state index >= 15 is 0 Å². The zero-order valence-corrected chi connectivity index (χ0v) is 17.6. The van der Waals surface area contributed by atoms with Gasteiger partial charge in [0.15, 0.2) is 0 Å². The Balaban J connectivity index is 1.79. The summed E-state index contributed by atoms with van der Waals surface area (Å²) in [5.41, 5.74) is 0.922. The Morgan fingerprint density at radius 1 is 1.22 bits per heavy atom.